The van der Waals surface area contributed by atoms with Crippen LogP contribution in [0.2, 0.25) is 0 Å². The first kappa shape index (κ1) is 15.1. The first-order chi connectivity index (χ1) is 7.60. The van der Waals surface area contributed by atoms with Crippen molar-refractivity contribution in [1.82, 2.24) is 4.90 Å². The molecule has 0 spiro atoms. The lowest BCUT2D eigenvalue weighted by Gasteiger charge is -2.22. The number of rotatable bonds is 10. The van der Waals surface area contributed by atoms with Gasteiger partial charge >= 0.3 is 5.97 Å². The van der Waals surface area contributed by atoms with Gasteiger partial charge in [0.1, 0.15) is 0 Å². The molecule has 0 radical (unpaired) electrons. The van der Waals surface area contributed by atoms with E-state index in [9.17, 15) is 9.90 Å². The van der Waals surface area contributed by atoms with Crippen molar-refractivity contribution in [3.63, 3.8) is 0 Å². The fraction of sp³-hybridized carbons (Fsp3) is 0.727. The molecule has 0 saturated heterocycles. The van der Waals surface area contributed by atoms with Crippen LogP contribution in [-0.4, -0.2) is 60.0 Å². The van der Waals surface area contributed by atoms with E-state index >= 15 is 0 Å². The highest BCUT2D eigenvalue weighted by Gasteiger charge is 2.11. The molecule has 0 bridgehead atoms. The van der Waals surface area contributed by atoms with Gasteiger partial charge in [-0.3, -0.25) is 4.79 Å². The van der Waals surface area contributed by atoms with Crippen molar-refractivity contribution in [3.8, 4) is 0 Å². The zero-order valence-corrected chi connectivity index (χ0v) is 9.76. The predicted molar refractivity (Wildman–Crippen MR) is 61.4 cm³/mol. The van der Waals surface area contributed by atoms with Crippen LogP contribution in [-0.2, 0) is 9.53 Å². The van der Waals surface area contributed by atoms with Gasteiger partial charge in [0.2, 0.25) is 0 Å². The predicted octanol–water partition coefficient (Wildman–Crippen LogP) is 0.346. The second-order valence-corrected chi connectivity index (χ2v) is 3.52. The summed E-state index contributed by atoms with van der Waals surface area (Å²) < 4.78 is 5.10. The Morgan fingerprint density at radius 2 is 2.31 bits per heavy atom. The van der Waals surface area contributed by atoms with Gasteiger partial charge in [-0.2, -0.15) is 0 Å². The van der Waals surface area contributed by atoms with Crippen LogP contribution in [0.15, 0.2) is 12.7 Å². The van der Waals surface area contributed by atoms with Gasteiger partial charge in [-0.05, 0) is 6.54 Å². The fourth-order valence-corrected chi connectivity index (χ4v) is 1.27. The normalized spacial score (nSPS) is 12.7. The Morgan fingerprint density at radius 1 is 1.62 bits per heavy atom. The van der Waals surface area contributed by atoms with Crippen molar-refractivity contribution in [1.29, 1.82) is 0 Å². The van der Waals surface area contributed by atoms with Crippen LogP contribution < -0.4 is 0 Å². The van der Waals surface area contributed by atoms with E-state index < -0.39 is 12.1 Å². The third kappa shape index (κ3) is 8.40. The minimum Gasteiger partial charge on any atom is -0.481 e. The molecule has 16 heavy (non-hydrogen) atoms. The maximum atomic E-state index is 10.4. The van der Waals surface area contributed by atoms with Crippen molar-refractivity contribution < 1.29 is 19.7 Å². The summed E-state index contributed by atoms with van der Waals surface area (Å²) in [6.07, 6.45) is 1.12. The molecule has 0 aliphatic carbocycles. The highest BCUT2D eigenvalue weighted by Crippen LogP contribution is 1.96. The van der Waals surface area contributed by atoms with E-state index in [1.807, 2.05) is 11.8 Å². The maximum Gasteiger partial charge on any atom is 0.304 e. The van der Waals surface area contributed by atoms with Crippen molar-refractivity contribution in [2.75, 3.05) is 32.8 Å². The van der Waals surface area contributed by atoms with Crippen LogP contribution in [0.4, 0.5) is 0 Å². The molecule has 5 heteroatoms. The molecule has 1 atom stereocenters. The van der Waals surface area contributed by atoms with Gasteiger partial charge in [0.25, 0.3) is 0 Å². The molecule has 0 aromatic carbocycles. The second kappa shape index (κ2) is 9.33. The number of hydrogen-bond acceptors (Lipinski definition) is 4. The lowest BCUT2D eigenvalue weighted by molar-refractivity contribution is -0.137. The number of hydrogen-bond donors (Lipinski definition) is 2. The van der Waals surface area contributed by atoms with Gasteiger partial charge in [0, 0.05) is 13.1 Å². The summed E-state index contributed by atoms with van der Waals surface area (Å²) in [6.45, 7) is 7.69. The highest BCUT2D eigenvalue weighted by atomic mass is 16.5. The highest BCUT2D eigenvalue weighted by molar-refractivity contribution is 5.66. The standard InChI is InChI=1S/C11H21NO4/c1-3-7-16-9-10(13)8-12(4-2)6-5-11(14)15/h3,10,13H,1,4-9H2,2H3,(H,14,15). The maximum absolute atomic E-state index is 10.4. The van der Waals surface area contributed by atoms with Gasteiger partial charge in [0.05, 0.1) is 25.7 Å². The number of nitrogens with zero attached hydrogens (tertiary/aromatic N) is 1. The summed E-state index contributed by atoms with van der Waals surface area (Å²) in [4.78, 5) is 12.3. The monoisotopic (exact) mass is 231 g/mol. The average Bonchev–Trinajstić information content (AvgIpc) is 2.24. The van der Waals surface area contributed by atoms with Crippen LogP contribution in [0.3, 0.4) is 0 Å². The van der Waals surface area contributed by atoms with E-state index in [1.165, 1.54) is 0 Å². The molecule has 0 amide bonds. The van der Waals surface area contributed by atoms with Crippen LogP contribution in [0.1, 0.15) is 13.3 Å². The van der Waals surface area contributed by atoms with E-state index in [1.54, 1.807) is 6.08 Å². The number of ether oxygens (including phenoxy) is 1. The second-order valence-electron chi connectivity index (χ2n) is 3.52. The summed E-state index contributed by atoms with van der Waals surface area (Å²) in [5.74, 6) is -0.823. The van der Waals surface area contributed by atoms with Gasteiger partial charge in [0.15, 0.2) is 0 Å². The number of carbonyl (C=O) groups is 1. The Balaban J connectivity index is 3.73. The number of carboxylic acids is 1. The van der Waals surface area contributed by atoms with E-state index in [-0.39, 0.29) is 13.0 Å². The van der Waals surface area contributed by atoms with Gasteiger partial charge in [-0.1, -0.05) is 13.0 Å². The summed E-state index contributed by atoms with van der Waals surface area (Å²) in [7, 11) is 0. The zero-order chi connectivity index (χ0) is 12.4. The van der Waals surface area contributed by atoms with E-state index in [2.05, 4.69) is 6.58 Å². The molecule has 1 unspecified atom stereocenters. The van der Waals surface area contributed by atoms with Gasteiger partial charge in [-0.25, -0.2) is 0 Å². The van der Waals surface area contributed by atoms with Crippen LogP contribution in [0, 0.1) is 0 Å². The van der Waals surface area contributed by atoms with E-state index in [0.29, 0.717) is 26.2 Å². The summed E-state index contributed by atoms with van der Waals surface area (Å²) in [5, 5.41) is 18.1. The molecule has 0 fully saturated rings. The first-order valence-electron chi connectivity index (χ1n) is 5.41. The molecule has 0 rings (SSSR count). The Hall–Kier alpha value is -0.910. The molecule has 0 aromatic heterocycles. The molecule has 0 aliphatic rings. The largest absolute Gasteiger partial charge is 0.481 e. The summed E-state index contributed by atoms with van der Waals surface area (Å²) >= 11 is 0. The first-order valence-corrected chi connectivity index (χ1v) is 5.41. The molecule has 0 aromatic rings. The lowest BCUT2D eigenvalue weighted by atomic mass is 10.3. The molecule has 2 N–H and O–H groups in total. The van der Waals surface area contributed by atoms with Crippen molar-refractivity contribution in [2.24, 2.45) is 0 Å². The smallest absolute Gasteiger partial charge is 0.304 e. The molecule has 5 nitrogen and oxygen atoms in total. The zero-order valence-electron chi connectivity index (χ0n) is 9.76. The fourth-order valence-electron chi connectivity index (χ4n) is 1.27. The Morgan fingerprint density at radius 3 is 2.81 bits per heavy atom. The number of likely N-dealkylation sites (N-methyl/N-ethyl adjacent to an activating group) is 1. The van der Waals surface area contributed by atoms with E-state index in [0.717, 1.165) is 0 Å². The van der Waals surface area contributed by atoms with Crippen LogP contribution in [0.25, 0.3) is 0 Å². The minimum absolute atomic E-state index is 0.0913. The van der Waals surface area contributed by atoms with Crippen molar-refractivity contribution in [3.05, 3.63) is 12.7 Å². The van der Waals surface area contributed by atoms with Crippen LogP contribution >= 0.6 is 0 Å². The summed E-state index contributed by atoms with van der Waals surface area (Å²) in [6, 6.07) is 0. The molecule has 0 saturated carbocycles. The topological polar surface area (TPSA) is 70.0 Å². The van der Waals surface area contributed by atoms with E-state index in [4.69, 9.17) is 9.84 Å². The number of aliphatic hydroxyl groups is 1. The van der Waals surface area contributed by atoms with Gasteiger partial charge < -0.3 is 19.8 Å². The number of aliphatic hydroxyl groups excluding tert-OH is 1. The minimum atomic E-state index is -0.823. The Kier molecular flexibility index (Phi) is 8.80. The third-order valence-electron chi connectivity index (χ3n) is 2.10. The van der Waals surface area contributed by atoms with Crippen molar-refractivity contribution in [2.45, 2.75) is 19.4 Å². The Labute approximate surface area is 96.3 Å². The third-order valence-corrected chi connectivity index (χ3v) is 2.10. The molecule has 94 valence electrons. The van der Waals surface area contributed by atoms with Crippen molar-refractivity contribution >= 4 is 5.97 Å². The molecule has 0 aliphatic heterocycles. The molecule has 0 heterocycles. The van der Waals surface area contributed by atoms with Gasteiger partial charge in [-0.15, -0.1) is 6.58 Å². The Bertz CT molecular complexity index is 208. The SMILES string of the molecule is C=CCOCC(O)CN(CC)CCC(=O)O. The average molecular weight is 231 g/mol. The molecular formula is C11H21NO4. The quantitative estimate of drug-likeness (QED) is 0.419. The summed E-state index contributed by atoms with van der Waals surface area (Å²) in [5.41, 5.74) is 0. The number of aliphatic carboxylic acids is 1. The number of carboxylic acid groups (broad SMARTS) is 1. The molecular weight excluding hydrogens is 210 g/mol. The van der Waals surface area contributed by atoms with Crippen LogP contribution in [0.5, 0.6) is 0 Å². The lowest BCUT2D eigenvalue weighted by Crippen LogP contribution is -2.36.